The van der Waals surface area contributed by atoms with Gasteiger partial charge in [0.15, 0.2) is 0 Å². The average molecular weight is 267 g/mol. The zero-order valence-electron chi connectivity index (χ0n) is 8.61. The topological polar surface area (TPSA) is 57.6 Å². The number of amides is 1. The van der Waals surface area contributed by atoms with Crippen molar-refractivity contribution in [2.24, 2.45) is 0 Å². The molecule has 0 atom stereocenters. The number of carboxylic acids is 1. The third-order valence-corrected chi connectivity index (χ3v) is 2.82. The Morgan fingerprint density at radius 1 is 1.47 bits per heavy atom. The Kier molecular flexibility index (Phi) is 3.76. The summed E-state index contributed by atoms with van der Waals surface area (Å²) < 4.78 is 36.8. The fourth-order valence-corrected chi connectivity index (χ4v) is 1.84. The number of thiophene rings is 1. The number of hydrogen-bond acceptors (Lipinski definition) is 3. The lowest BCUT2D eigenvalue weighted by Gasteiger charge is -2.13. The number of halogens is 3. The molecule has 1 aromatic rings. The van der Waals surface area contributed by atoms with Crippen molar-refractivity contribution in [3.8, 4) is 0 Å². The van der Waals surface area contributed by atoms with Crippen molar-refractivity contribution in [3.05, 3.63) is 21.9 Å². The van der Waals surface area contributed by atoms with Gasteiger partial charge in [-0.15, -0.1) is 11.3 Å². The van der Waals surface area contributed by atoms with Crippen LogP contribution in [0.5, 0.6) is 0 Å². The van der Waals surface area contributed by atoms with Gasteiger partial charge in [0, 0.05) is 12.4 Å². The maximum absolute atomic E-state index is 12.3. The van der Waals surface area contributed by atoms with E-state index in [4.69, 9.17) is 5.11 Å². The Balaban J connectivity index is 2.84. The van der Waals surface area contributed by atoms with Gasteiger partial charge in [-0.25, -0.2) is 0 Å². The number of rotatable bonds is 3. The molecule has 17 heavy (non-hydrogen) atoms. The van der Waals surface area contributed by atoms with Crippen LogP contribution in [0, 0.1) is 0 Å². The van der Waals surface area contributed by atoms with Crippen LogP contribution in [0.2, 0.25) is 0 Å². The number of nitrogens with zero attached hydrogens (tertiary/aromatic N) is 1. The second-order valence-corrected chi connectivity index (χ2v) is 4.16. The molecule has 1 aromatic heterocycles. The molecular formula is C9H8F3NO3S. The van der Waals surface area contributed by atoms with Crippen molar-refractivity contribution >= 4 is 23.2 Å². The van der Waals surface area contributed by atoms with Crippen molar-refractivity contribution in [2.45, 2.75) is 6.18 Å². The Bertz CT molecular complexity index is 441. The van der Waals surface area contributed by atoms with E-state index in [9.17, 15) is 22.8 Å². The number of carboxylic acid groups (broad SMARTS) is 1. The highest BCUT2D eigenvalue weighted by molar-refractivity contribution is 7.10. The van der Waals surface area contributed by atoms with Crippen LogP contribution in [0.4, 0.5) is 13.2 Å². The molecule has 1 N–H and O–H groups in total. The van der Waals surface area contributed by atoms with E-state index in [-0.39, 0.29) is 5.56 Å². The van der Waals surface area contributed by atoms with Gasteiger partial charge in [0.05, 0.1) is 5.56 Å². The molecule has 0 unspecified atom stereocenters. The van der Waals surface area contributed by atoms with E-state index in [1.165, 1.54) is 7.05 Å². The number of hydrogen-bond donors (Lipinski definition) is 1. The van der Waals surface area contributed by atoms with Gasteiger partial charge < -0.3 is 10.0 Å². The lowest BCUT2D eigenvalue weighted by atomic mass is 10.2. The van der Waals surface area contributed by atoms with Crippen LogP contribution in [-0.4, -0.2) is 35.5 Å². The second-order valence-electron chi connectivity index (χ2n) is 3.25. The molecule has 0 radical (unpaired) electrons. The Hall–Kier alpha value is -1.57. The van der Waals surface area contributed by atoms with Gasteiger partial charge >= 0.3 is 12.1 Å². The molecule has 0 aliphatic heterocycles. The fraction of sp³-hybridized carbons (Fsp3) is 0.333. The summed E-state index contributed by atoms with van der Waals surface area (Å²) in [7, 11) is 1.21. The smallest absolute Gasteiger partial charge is 0.425 e. The Labute approximate surface area is 98.3 Å². The molecule has 8 heteroatoms. The predicted molar refractivity (Wildman–Crippen MR) is 53.9 cm³/mol. The summed E-state index contributed by atoms with van der Waals surface area (Å²) >= 11 is 0.401. The summed E-state index contributed by atoms with van der Waals surface area (Å²) in [6, 6.07) is 0.714. The van der Waals surface area contributed by atoms with E-state index in [0.717, 1.165) is 10.3 Å². The monoisotopic (exact) mass is 267 g/mol. The molecule has 0 aliphatic carbocycles. The van der Waals surface area contributed by atoms with Crippen LogP contribution < -0.4 is 0 Å². The summed E-state index contributed by atoms with van der Waals surface area (Å²) in [5.74, 6) is -1.98. The highest BCUT2D eigenvalue weighted by Gasteiger charge is 2.33. The van der Waals surface area contributed by atoms with Crippen LogP contribution in [0.3, 0.4) is 0 Å². The maximum atomic E-state index is 12.3. The second kappa shape index (κ2) is 4.74. The minimum Gasteiger partial charge on any atom is -0.480 e. The van der Waals surface area contributed by atoms with Crippen molar-refractivity contribution in [2.75, 3.05) is 13.6 Å². The third-order valence-electron chi connectivity index (χ3n) is 1.84. The molecule has 94 valence electrons. The first-order valence-corrected chi connectivity index (χ1v) is 5.22. The van der Waals surface area contributed by atoms with Crippen LogP contribution >= 0.6 is 11.3 Å². The molecule has 0 aliphatic rings. The van der Waals surface area contributed by atoms with Crippen LogP contribution in [-0.2, 0) is 11.0 Å². The van der Waals surface area contributed by atoms with Gasteiger partial charge in [0.25, 0.3) is 5.91 Å². The van der Waals surface area contributed by atoms with Crippen molar-refractivity contribution in [3.63, 3.8) is 0 Å². The van der Waals surface area contributed by atoms with Gasteiger partial charge in [-0.3, -0.25) is 9.59 Å². The van der Waals surface area contributed by atoms with Crippen LogP contribution in [0.15, 0.2) is 11.4 Å². The molecule has 0 aromatic carbocycles. The van der Waals surface area contributed by atoms with Gasteiger partial charge in [0.1, 0.15) is 11.4 Å². The average Bonchev–Trinajstić information content (AvgIpc) is 2.63. The predicted octanol–water partition coefficient (Wildman–Crippen LogP) is 1.92. The molecule has 0 spiro atoms. The first kappa shape index (κ1) is 13.5. The Morgan fingerprint density at radius 2 is 2.06 bits per heavy atom. The quantitative estimate of drug-likeness (QED) is 0.910. The van der Waals surface area contributed by atoms with Crippen LogP contribution in [0.25, 0.3) is 0 Å². The minimum atomic E-state index is -4.49. The molecular weight excluding hydrogens is 259 g/mol. The fourth-order valence-electron chi connectivity index (χ4n) is 1.09. The SMILES string of the molecule is CN(CC(=O)O)C(=O)c1csc(C(F)(F)F)c1. The summed E-state index contributed by atoms with van der Waals surface area (Å²) in [6.07, 6.45) is -4.49. The summed E-state index contributed by atoms with van der Waals surface area (Å²) in [5, 5.41) is 9.50. The first-order valence-electron chi connectivity index (χ1n) is 4.35. The normalized spacial score (nSPS) is 11.3. The van der Waals surface area contributed by atoms with Gasteiger partial charge in [0.2, 0.25) is 0 Å². The van der Waals surface area contributed by atoms with Crippen molar-refractivity contribution in [1.82, 2.24) is 4.90 Å². The van der Waals surface area contributed by atoms with Crippen molar-refractivity contribution < 1.29 is 27.9 Å². The van der Waals surface area contributed by atoms with Gasteiger partial charge in [-0.05, 0) is 6.07 Å². The Morgan fingerprint density at radius 3 is 2.47 bits per heavy atom. The number of carbonyl (C=O) groups is 2. The summed E-state index contributed by atoms with van der Waals surface area (Å²) in [5.41, 5.74) is -0.161. The van der Waals surface area contributed by atoms with E-state index in [2.05, 4.69) is 0 Å². The molecule has 0 fully saturated rings. The number of aliphatic carboxylic acids is 1. The van der Waals surface area contributed by atoms with Crippen molar-refractivity contribution in [1.29, 1.82) is 0 Å². The zero-order chi connectivity index (χ0) is 13.2. The molecule has 1 rings (SSSR count). The van der Waals surface area contributed by atoms with E-state index in [1.807, 2.05) is 0 Å². The lowest BCUT2D eigenvalue weighted by molar-refractivity contribution is -0.137. The summed E-state index contributed by atoms with van der Waals surface area (Å²) in [4.78, 5) is 21.8. The molecule has 1 heterocycles. The van der Waals surface area contributed by atoms with E-state index < -0.39 is 29.5 Å². The van der Waals surface area contributed by atoms with E-state index in [1.54, 1.807) is 0 Å². The molecule has 4 nitrogen and oxygen atoms in total. The molecule has 0 bridgehead atoms. The summed E-state index contributed by atoms with van der Waals surface area (Å²) in [6.45, 7) is -0.559. The van der Waals surface area contributed by atoms with Crippen LogP contribution in [0.1, 0.15) is 15.2 Å². The minimum absolute atomic E-state index is 0.161. The molecule has 1 amide bonds. The van der Waals surface area contributed by atoms with Gasteiger partial charge in [-0.1, -0.05) is 0 Å². The standard InChI is InChI=1S/C9H8F3NO3S/c1-13(3-7(14)15)8(16)5-2-6(17-4-5)9(10,11)12/h2,4H,3H2,1H3,(H,14,15). The lowest BCUT2D eigenvalue weighted by Crippen LogP contribution is -2.31. The highest BCUT2D eigenvalue weighted by atomic mass is 32.1. The van der Waals surface area contributed by atoms with Gasteiger partial charge in [-0.2, -0.15) is 13.2 Å². The largest absolute Gasteiger partial charge is 0.480 e. The number of likely N-dealkylation sites (N-methyl/N-ethyl adjacent to an activating group) is 1. The number of carbonyl (C=O) groups excluding carboxylic acids is 1. The maximum Gasteiger partial charge on any atom is 0.425 e. The first-order chi connectivity index (χ1) is 7.71. The third kappa shape index (κ3) is 3.45. The van der Waals surface area contributed by atoms with E-state index in [0.29, 0.717) is 17.4 Å². The number of alkyl halides is 3. The highest BCUT2D eigenvalue weighted by Crippen LogP contribution is 2.34. The molecule has 0 saturated carbocycles. The van der Waals surface area contributed by atoms with E-state index >= 15 is 0 Å². The zero-order valence-corrected chi connectivity index (χ0v) is 9.43. The molecule has 0 saturated heterocycles.